The van der Waals surface area contributed by atoms with Gasteiger partial charge in [-0.3, -0.25) is 14.9 Å². The molecule has 2 aromatic carbocycles. The second kappa shape index (κ2) is 10.4. The highest BCUT2D eigenvalue weighted by molar-refractivity contribution is 6.30. The summed E-state index contributed by atoms with van der Waals surface area (Å²) in [5.74, 6) is 0.370. The van der Waals surface area contributed by atoms with Crippen molar-refractivity contribution in [3.63, 3.8) is 0 Å². The van der Waals surface area contributed by atoms with Crippen molar-refractivity contribution in [2.45, 2.75) is 19.5 Å². The highest BCUT2D eigenvalue weighted by atomic mass is 35.5. The van der Waals surface area contributed by atoms with Crippen molar-refractivity contribution in [2.24, 2.45) is 4.99 Å². The lowest BCUT2D eigenvalue weighted by molar-refractivity contribution is -0.384. The SMILES string of the molecule is CC(NC(=NCc1ccc([N+](=O)[O-])cc1)NCC(=O)N(C)C)c1ccc(Cl)cc1. The van der Waals surface area contributed by atoms with E-state index in [1.165, 1.54) is 17.0 Å². The van der Waals surface area contributed by atoms with Crippen LogP contribution in [-0.2, 0) is 11.3 Å². The number of nitrogens with zero attached hydrogens (tertiary/aromatic N) is 3. The van der Waals surface area contributed by atoms with Crippen LogP contribution in [0.2, 0.25) is 5.02 Å². The Morgan fingerprint density at radius 1 is 1.17 bits per heavy atom. The van der Waals surface area contributed by atoms with Crippen molar-refractivity contribution in [3.8, 4) is 0 Å². The van der Waals surface area contributed by atoms with Crippen LogP contribution in [0.15, 0.2) is 53.5 Å². The Morgan fingerprint density at radius 2 is 1.79 bits per heavy atom. The Morgan fingerprint density at radius 3 is 2.34 bits per heavy atom. The molecule has 0 bridgehead atoms. The smallest absolute Gasteiger partial charge is 0.269 e. The van der Waals surface area contributed by atoms with Gasteiger partial charge in [0.2, 0.25) is 5.91 Å². The fraction of sp³-hybridized carbons (Fsp3) is 0.300. The lowest BCUT2D eigenvalue weighted by Gasteiger charge is -2.19. The summed E-state index contributed by atoms with van der Waals surface area (Å²) < 4.78 is 0. The quantitative estimate of drug-likeness (QED) is 0.312. The molecule has 0 aliphatic carbocycles. The third kappa shape index (κ3) is 7.08. The van der Waals surface area contributed by atoms with Crippen LogP contribution in [-0.4, -0.2) is 42.3 Å². The molecule has 0 fully saturated rings. The number of carbonyl (C=O) groups excluding carboxylic acids is 1. The van der Waals surface area contributed by atoms with Crippen molar-refractivity contribution >= 4 is 29.2 Å². The van der Waals surface area contributed by atoms with E-state index >= 15 is 0 Å². The van der Waals surface area contributed by atoms with E-state index in [1.54, 1.807) is 26.2 Å². The molecule has 0 heterocycles. The minimum absolute atomic E-state index is 0.0298. The Bertz CT molecular complexity index is 867. The van der Waals surface area contributed by atoms with Crippen molar-refractivity contribution in [3.05, 3.63) is 74.8 Å². The molecule has 9 heteroatoms. The van der Waals surface area contributed by atoms with Crippen LogP contribution in [0.3, 0.4) is 0 Å². The van der Waals surface area contributed by atoms with E-state index in [0.29, 0.717) is 17.5 Å². The lowest BCUT2D eigenvalue weighted by Crippen LogP contribution is -2.43. The molecule has 2 N–H and O–H groups in total. The van der Waals surface area contributed by atoms with E-state index in [0.717, 1.165) is 11.1 Å². The lowest BCUT2D eigenvalue weighted by atomic mass is 10.1. The van der Waals surface area contributed by atoms with Gasteiger partial charge in [0.25, 0.3) is 5.69 Å². The second-order valence-corrected chi connectivity index (χ2v) is 7.08. The van der Waals surface area contributed by atoms with Gasteiger partial charge < -0.3 is 15.5 Å². The molecule has 1 atom stereocenters. The van der Waals surface area contributed by atoms with Crippen LogP contribution in [0, 0.1) is 10.1 Å². The molecule has 8 nitrogen and oxygen atoms in total. The number of rotatable bonds is 7. The van der Waals surface area contributed by atoms with E-state index in [2.05, 4.69) is 15.6 Å². The van der Waals surface area contributed by atoms with Crippen molar-refractivity contribution in [1.29, 1.82) is 0 Å². The number of carbonyl (C=O) groups is 1. The van der Waals surface area contributed by atoms with Gasteiger partial charge in [0, 0.05) is 31.3 Å². The summed E-state index contributed by atoms with van der Waals surface area (Å²) in [5, 5.41) is 17.7. The third-order valence-electron chi connectivity index (χ3n) is 4.20. The summed E-state index contributed by atoms with van der Waals surface area (Å²) in [5.41, 5.74) is 1.86. The van der Waals surface area contributed by atoms with Gasteiger partial charge in [-0.25, -0.2) is 4.99 Å². The Hall–Kier alpha value is -3.13. The van der Waals surface area contributed by atoms with Gasteiger partial charge in [-0.05, 0) is 30.2 Å². The molecule has 0 saturated carbocycles. The number of nitro benzene ring substituents is 1. The van der Waals surface area contributed by atoms with Gasteiger partial charge in [-0.1, -0.05) is 35.9 Å². The number of aliphatic imine (C=N–C) groups is 1. The van der Waals surface area contributed by atoms with Crippen LogP contribution in [0.4, 0.5) is 5.69 Å². The molecule has 29 heavy (non-hydrogen) atoms. The number of guanidine groups is 1. The zero-order chi connectivity index (χ0) is 21.4. The number of benzene rings is 2. The Labute approximate surface area is 174 Å². The van der Waals surface area contributed by atoms with Crippen molar-refractivity contribution in [1.82, 2.24) is 15.5 Å². The van der Waals surface area contributed by atoms with Crippen LogP contribution in [0.1, 0.15) is 24.1 Å². The van der Waals surface area contributed by atoms with Crippen molar-refractivity contribution in [2.75, 3.05) is 20.6 Å². The molecule has 0 aliphatic heterocycles. The van der Waals surface area contributed by atoms with E-state index in [4.69, 9.17) is 11.6 Å². The largest absolute Gasteiger partial charge is 0.350 e. The molecule has 0 saturated heterocycles. The predicted molar refractivity (Wildman–Crippen MR) is 114 cm³/mol. The van der Waals surface area contributed by atoms with Crippen LogP contribution < -0.4 is 10.6 Å². The average molecular weight is 418 g/mol. The summed E-state index contributed by atoms with van der Waals surface area (Å²) in [6, 6.07) is 13.6. The molecule has 0 aromatic heterocycles. The van der Waals surface area contributed by atoms with Gasteiger partial charge in [0.1, 0.15) is 0 Å². The highest BCUT2D eigenvalue weighted by Crippen LogP contribution is 2.16. The Balaban J connectivity index is 2.12. The number of likely N-dealkylation sites (N-methyl/N-ethyl adjacent to an activating group) is 1. The zero-order valence-corrected chi connectivity index (χ0v) is 17.3. The number of nitrogens with one attached hydrogen (secondary N) is 2. The third-order valence-corrected chi connectivity index (χ3v) is 4.45. The van der Waals surface area contributed by atoms with E-state index in [9.17, 15) is 14.9 Å². The standard InChI is InChI=1S/C20H24ClN5O3/c1-14(16-6-8-17(21)9-7-16)24-20(23-13-19(27)25(2)3)22-12-15-4-10-18(11-5-15)26(28)29/h4-11,14H,12-13H2,1-3H3,(H2,22,23,24). The molecule has 154 valence electrons. The minimum Gasteiger partial charge on any atom is -0.350 e. The zero-order valence-electron chi connectivity index (χ0n) is 16.6. The fourth-order valence-electron chi connectivity index (χ4n) is 2.40. The van der Waals surface area contributed by atoms with Crippen LogP contribution in [0.5, 0.6) is 0 Å². The topological polar surface area (TPSA) is 99.9 Å². The Kier molecular flexibility index (Phi) is 7.97. The van der Waals surface area contributed by atoms with Gasteiger partial charge in [-0.15, -0.1) is 0 Å². The number of amides is 1. The summed E-state index contributed by atoms with van der Waals surface area (Å²) in [6.07, 6.45) is 0. The normalized spacial score (nSPS) is 12.2. The number of hydrogen-bond acceptors (Lipinski definition) is 4. The summed E-state index contributed by atoms with van der Waals surface area (Å²) in [6.45, 7) is 2.36. The average Bonchev–Trinajstić information content (AvgIpc) is 2.70. The number of hydrogen-bond donors (Lipinski definition) is 2. The molecule has 2 aromatic rings. The predicted octanol–water partition coefficient (Wildman–Crippen LogP) is 3.13. The van der Waals surface area contributed by atoms with Gasteiger partial charge in [0.05, 0.1) is 24.1 Å². The van der Waals surface area contributed by atoms with E-state index < -0.39 is 4.92 Å². The van der Waals surface area contributed by atoms with Gasteiger partial charge in [0.15, 0.2) is 5.96 Å². The minimum atomic E-state index is -0.442. The first-order valence-corrected chi connectivity index (χ1v) is 9.38. The number of non-ortho nitro benzene ring substituents is 1. The molecule has 0 radical (unpaired) electrons. The maximum Gasteiger partial charge on any atom is 0.269 e. The van der Waals surface area contributed by atoms with Gasteiger partial charge in [-0.2, -0.15) is 0 Å². The summed E-state index contributed by atoms with van der Waals surface area (Å²) >= 11 is 5.94. The fourth-order valence-corrected chi connectivity index (χ4v) is 2.53. The monoisotopic (exact) mass is 417 g/mol. The maximum absolute atomic E-state index is 11.9. The van der Waals surface area contributed by atoms with E-state index in [1.807, 2.05) is 31.2 Å². The molecular formula is C20H24ClN5O3. The second-order valence-electron chi connectivity index (χ2n) is 6.65. The van der Waals surface area contributed by atoms with Crippen LogP contribution in [0.25, 0.3) is 0 Å². The van der Waals surface area contributed by atoms with E-state index in [-0.39, 0.29) is 24.2 Å². The first kappa shape index (κ1) is 22.2. The summed E-state index contributed by atoms with van der Waals surface area (Å²) in [4.78, 5) is 28.2. The van der Waals surface area contributed by atoms with Gasteiger partial charge >= 0.3 is 0 Å². The summed E-state index contributed by atoms with van der Waals surface area (Å²) in [7, 11) is 3.36. The maximum atomic E-state index is 11.9. The first-order chi connectivity index (χ1) is 13.8. The highest BCUT2D eigenvalue weighted by Gasteiger charge is 2.11. The van der Waals surface area contributed by atoms with Crippen molar-refractivity contribution < 1.29 is 9.72 Å². The first-order valence-electron chi connectivity index (χ1n) is 9.00. The molecule has 2 rings (SSSR count). The number of halogens is 1. The molecule has 1 amide bonds. The molecule has 0 aliphatic rings. The molecular weight excluding hydrogens is 394 g/mol. The van der Waals surface area contributed by atoms with Crippen LogP contribution >= 0.6 is 11.6 Å². The molecule has 0 spiro atoms. The number of nitro groups is 1. The molecule has 1 unspecified atom stereocenters.